The van der Waals surface area contributed by atoms with E-state index in [1.807, 2.05) is 11.6 Å². The third-order valence-corrected chi connectivity index (χ3v) is 4.26. The Bertz CT molecular complexity index is 602. The SMILES string of the molecule is C/C=C/CC(NC(=O)c1cnn(C(C)CC)c1C1CC1)C(=O)O. The van der Waals surface area contributed by atoms with Gasteiger partial charge in [-0.3, -0.25) is 9.48 Å². The molecule has 2 N–H and O–H groups in total. The van der Waals surface area contributed by atoms with Crippen molar-refractivity contribution in [3.8, 4) is 0 Å². The van der Waals surface area contributed by atoms with Crippen LogP contribution in [0.15, 0.2) is 18.3 Å². The molecule has 1 heterocycles. The number of carbonyl (C=O) groups is 2. The summed E-state index contributed by atoms with van der Waals surface area (Å²) in [6.45, 7) is 5.98. The first kappa shape index (κ1) is 17.2. The predicted octanol–water partition coefficient (Wildman–Crippen LogP) is 2.88. The van der Waals surface area contributed by atoms with Crippen molar-refractivity contribution in [1.82, 2.24) is 15.1 Å². The molecule has 126 valence electrons. The number of hydrogen-bond donors (Lipinski definition) is 2. The first-order valence-corrected chi connectivity index (χ1v) is 8.21. The predicted molar refractivity (Wildman–Crippen MR) is 87.5 cm³/mol. The summed E-state index contributed by atoms with van der Waals surface area (Å²) in [5.41, 5.74) is 1.46. The van der Waals surface area contributed by atoms with E-state index in [4.69, 9.17) is 0 Å². The molecule has 1 aliphatic rings. The highest BCUT2D eigenvalue weighted by atomic mass is 16.4. The Morgan fingerprint density at radius 3 is 2.74 bits per heavy atom. The molecule has 0 spiro atoms. The van der Waals surface area contributed by atoms with Crippen molar-refractivity contribution in [2.75, 3.05) is 0 Å². The van der Waals surface area contributed by atoms with E-state index in [1.54, 1.807) is 18.3 Å². The molecule has 0 aliphatic heterocycles. The van der Waals surface area contributed by atoms with Gasteiger partial charge in [0.15, 0.2) is 0 Å². The van der Waals surface area contributed by atoms with Gasteiger partial charge in [-0.25, -0.2) is 4.79 Å². The standard InChI is InChI=1S/C17H25N3O3/c1-4-6-7-14(17(22)23)19-16(21)13-10-18-20(11(3)5-2)15(13)12-8-9-12/h4,6,10-12,14H,5,7-9H2,1-3H3,(H,19,21)(H,22,23)/b6-4+. The zero-order chi connectivity index (χ0) is 17.0. The van der Waals surface area contributed by atoms with Gasteiger partial charge in [0.25, 0.3) is 5.91 Å². The van der Waals surface area contributed by atoms with Gasteiger partial charge >= 0.3 is 5.97 Å². The highest BCUT2D eigenvalue weighted by molar-refractivity contribution is 5.97. The molecule has 1 saturated carbocycles. The number of aromatic nitrogens is 2. The van der Waals surface area contributed by atoms with Crippen molar-refractivity contribution in [2.24, 2.45) is 0 Å². The van der Waals surface area contributed by atoms with Crippen LogP contribution < -0.4 is 5.32 Å². The third-order valence-electron chi connectivity index (χ3n) is 4.26. The van der Waals surface area contributed by atoms with Gasteiger partial charge < -0.3 is 10.4 Å². The van der Waals surface area contributed by atoms with E-state index in [1.165, 1.54) is 0 Å². The number of amides is 1. The summed E-state index contributed by atoms with van der Waals surface area (Å²) in [5.74, 6) is -1.01. The van der Waals surface area contributed by atoms with Gasteiger partial charge in [0.1, 0.15) is 6.04 Å². The fourth-order valence-electron chi connectivity index (χ4n) is 2.56. The first-order chi connectivity index (χ1) is 11.0. The number of rotatable bonds is 8. The molecular weight excluding hydrogens is 294 g/mol. The first-order valence-electron chi connectivity index (χ1n) is 8.21. The van der Waals surface area contributed by atoms with Crippen LogP contribution in [0.5, 0.6) is 0 Å². The van der Waals surface area contributed by atoms with Crippen LogP contribution in [-0.2, 0) is 4.79 Å². The van der Waals surface area contributed by atoms with E-state index >= 15 is 0 Å². The summed E-state index contributed by atoms with van der Waals surface area (Å²) >= 11 is 0. The Labute approximate surface area is 136 Å². The average molecular weight is 319 g/mol. The minimum Gasteiger partial charge on any atom is -0.480 e. The van der Waals surface area contributed by atoms with Crippen LogP contribution in [0.2, 0.25) is 0 Å². The van der Waals surface area contributed by atoms with Crippen LogP contribution in [0.3, 0.4) is 0 Å². The van der Waals surface area contributed by atoms with Crippen molar-refractivity contribution in [2.45, 2.75) is 64.5 Å². The number of nitrogens with one attached hydrogen (secondary N) is 1. The fraction of sp³-hybridized carbons (Fsp3) is 0.588. The summed E-state index contributed by atoms with van der Waals surface area (Å²) in [4.78, 5) is 23.8. The summed E-state index contributed by atoms with van der Waals surface area (Å²) < 4.78 is 1.92. The van der Waals surface area contributed by atoms with Crippen LogP contribution in [0, 0.1) is 0 Å². The van der Waals surface area contributed by atoms with E-state index in [0.29, 0.717) is 11.5 Å². The number of carboxylic acid groups (broad SMARTS) is 1. The molecule has 1 fully saturated rings. The molecule has 2 rings (SSSR count). The average Bonchev–Trinajstić information content (AvgIpc) is 3.28. The van der Waals surface area contributed by atoms with Crippen molar-refractivity contribution in [1.29, 1.82) is 0 Å². The highest BCUT2D eigenvalue weighted by Crippen LogP contribution is 2.42. The molecule has 23 heavy (non-hydrogen) atoms. The smallest absolute Gasteiger partial charge is 0.326 e. The lowest BCUT2D eigenvalue weighted by Gasteiger charge is -2.16. The molecule has 1 aromatic rings. The zero-order valence-corrected chi connectivity index (χ0v) is 14.0. The van der Waals surface area contributed by atoms with E-state index in [-0.39, 0.29) is 18.4 Å². The number of carbonyl (C=O) groups excluding carboxylic acids is 1. The van der Waals surface area contributed by atoms with Crippen LogP contribution in [0.4, 0.5) is 0 Å². The second kappa shape index (κ2) is 7.44. The van der Waals surface area contributed by atoms with Crippen LogP contribution >= 0.6 is 0 Å². The Balaban J connectivity index is 2.21. The molecule has 1 aliphatic carbocycles. The van der Waals surface area contributed by atoms with E-state index < -0.39 is 12.0 Å². The van der Waals surface area contributed by atoms with Crippen molar-refractivity contribution in [3.05, 3.63) is 29.6 Å². The van der Waals surface area contributed by atoms with Gasteiger partial charge in [0.05, 0.1) is 17.5 Å². The molecule has 1 aromatic heterocycles. The quantitative estimate of drug-likeness (QED) is 0.722. The van der Waals surface area contributed by atoms with Crippen molar-refractivity contribution in [3.63, 3.8) is 0 Å². The van der Waals surface area contributed by atoms with Gasteiger partial charge in [-0.15, -0.1) is 0 Å². The second-order valence-corrected chi connectivity index (χ2v) is 6.09. The van der Waals surface area contributed by atoms with E-state index in [9.17, 15) is 14.7 Å². The third kappa shape index (κ3) is 4.00. The monoisotopic (exact) mass is 319 g/mol. The minimum absolute atomic E-state index is 0.227. The van der Waals surface area contributed by atoms with Crippen LogP contribution in [0.1, 0.15) is 74.5 Å². The number of allylic oxidation sites excluding steroid dienone is 1. The molecule has 1 amide bonds. The lowest BCUT2D eigenvalue weighted by Crippen LogP contribution is -2.40. The van der Waals surface area contributed by atoms with Gasteiger partial charge in [-0.2, -0.15) is 5.10 Å². The Morgan fingerprint density at radius 1 is 1.52 bits per heavy atom. The number of aliphatic carboxylic acids is 1. The lowest BCUT2D eigenvalue weighted by molar-refractivity contribution is -0.139. The van der Waals surface area contributed by atoms with Crippen molar-refractivity contribution < 1.29 is 14.7 Å². The van der Waals surface area contributed by atoms with Gasteiger partial charge in [0, 0.05) is 12.0 Å². The summed E-state index contributed by atoms with van der Waals surface area (Å²) in [5, 5.41) is 16.2. The van der Waals surface area contributed by atoms with E-state index in [2.05, 4.69) is 24.3 Å². The molecular formula is C17H25N3O3. The normalized spacial score (nSPS) is 17.2. The van der Waals surface area contributed by atoms with Gasteiger partial charge in [-0.05, 0) is 39.5 Å². The van der Waals surface area contributed by atoms with Gasteiger partial charge in [0.2, 0.25) is 0 Å². The summed E-state index contributed by atoms with van der Waals surface area (Å²) in [7, 11) is 0. The number of hydrogen-bond acceptors (Lipinski definition) is 3. The molecule has 0 radical (unpaired) electrons. The molecule has 2 atom stereocenters. The molecule has 0 bridgehead atoms. The fourth-order valence-corrected chi connectivity index (χ4v) is 2.56. The maximum atomic E-state index is 12.5. The Hall–Kier alpha value is -2.11. The molecule has 6 nitrogen and oxygen atoms in total. The maximum Gasteiger partial charge on any atom is 0.326 e. The summed E-state index contributed by atoms with van der Waals surface area (Å²) in [6, 6.07) is -0.692. The van der Waals surface area contributed by atoms with E-state index in [0.717, 1.165) is 25.0 Å². The van der Waals surface area contributed by atoms with Gasteiger partial charge in [-0.1, -0.05) is 19.1 Å². The largest absolute Gasteiger partial charge is 0.480 e. The highest BCUT2D eigenvalue weighted by Gasteiger charge is 2.34. The topological polar surface area (TPSA) is 84.2 Å². The van der Waals surface area contributed by atoms with Crippen molar-refractivity contribution >= 4 is 11.9 Å². The Kier molecular flexibility index (Phi) is 5.58. The van der Waals surface area contributed by atoms with Crippen LogP contribution in [-0.4, -0.2) is 32.8 Å². The number of nitrogens with zero attached hydrogens (tertiary/aromatic N) is 2. The molecule has 0 saturated heterocycles. The Morgan fingerprint density at radius 2 is 2.22 bits per heavy atom. The molecule has 2 unspecified atom stereocenters. The lowest BCUT2D eigenvalue weighted by atomic mass is 10.1. The minimum atomic E-state index is -1.03. The molecule has 0 aromatic carbocycles. The maximum absolute atomic E-state index is 12.5. The van der Waals surface area contributed by atoms with Crippen LogP contribution in [0.25, 0.3) is 0 Å². The zero-order valence-electron chi connectivity index (χ0n) is 14.0. The molecule has 6 heteroatoms. The number of carboxylic acids is 1. The summed E-state index contributed by atoms with van der Waals surface area (Å²) in [6.07, 6.45) is 8.41. The second-order valence-electron chi connectivity index (χ2n) is 6.09.